The van der Waals surface area contributed by atoms with E-state index in [1.807, 2.05) is 0 Å². The third-order valence-corrected chi connectivity index (χ3v) is 7.23. The lowest BCUT2D eigenvalue weighted by molar-refractivity contribution is -0.137. The van der Waals surface area contributed by atoms with Gasteiger partial charge in [0.1, 0.15) is 17.2 Å². The summed E-state index contributed by atoms with van der Waals surface area (Å²) in [6.07, 6.45) is -5.36. The molecule has 3 heterocycles. The van der Waals surface area contributed by atoms with Crippen LogP contribution in [0.15, 0.2) is 48.8 Å². The van der Waals surface area contributed by atoms with Gasteiger partial charge in [0.15, 0.2) is 12.3 Å². The zero-order valence-corrected chi connectivity index (χ0v) is 22.0. The van der Waals surface area contributed by atoms with E-state index >= 15 is 0 Å². The minimum Gasteiger partial charge on any atom is -0.365 e. The number of rotatable bonds is 8. The largest absolute Gasteiger partial charge is 0.421 e. The molecule has 2 atom stereocenters. The highest BCUT2D eigenvalue weighted by molar-refractivity contribution is 7.92. The Kier molecular flexibility index (Phi) is 8.09. The first-order valence-electron chi connectivity index (χ1n) is 11.7. The lowest BCUT2D eigenvalue weighted by atomic mass is 10.2. The fraction of sp³-hybridized carbons (Fsp3) is 0.333. The molecular formula is C24H24F5N7O3S. The number of anilines is 4. The molecule has 40 heavy (non-hydrogen) atoms. The molecule has 214 valence electrons. The number of alkyl halides is 5. The van der Waals surface area contributed by atoms with Crippen molar-refractivity contribution in [1.82, 2.24) is 19.9 Å². The van der Waals surface area contributed by atoms with Crippen LogP contribution in [0.2, 0.25) is 0 Å². The Morgan fingerprint density at radius 1 is 1.10 bits per heavy atom. The smallest absolute Gasteiger partial charge is 0.365 e. The molecule has 0 aliphatic carbocycles. The number of likely N-dealkylation sites (tertiary alicyclic amines) is 1. The molecular weight excluding hydrogens is 561 g/mol. The number of carbonyl (C=O) groups excluding carboxylic acids is 1. The fourth-order valence-electron chi connectivity index (χ4n) is 3.87. The molecule has 3 aromatic rings. The average Bonchev–Trinajstić information content (AvgIpc) is 3.24. The summed E-state index contributed by atoms with van der Waals surface area (Å²) in [7, 11) is -2.41. The summed E-state index contributed by atoms with van der Waals surface area (Å²) in [4.78, 5) is 25.3. The van der Waals surface area contributed by atoms with Crippen molar-refractivity contribution in [1.29, 1.82) is 0 Å². The van der Waals surface area contributed by atoms with E-state index in [-0.39, 0.29) is 37.0 Å². The molecule has 0 spiro atoms. The highest BCUT2D eigenvalue weighted by atomic mass is 32.2. The van der Waals surface area contributed by atoms with Gasteiger partial charge in [-0.3, -0.25) is 9.10 Å². The van der Waals surface area contributed by atoms with Crippen LogP contribution in [0.25, 0.3) is 0 Å². The molecule has 1 aliphatic heterocycles. The van der Waals surface area contributed by atoms with Gasteiger partial charge < -0.3 is 15.5 Å². The van der Waals surface area contributed by atoms with E-state index in [0.29, 0.717) is 17.4 Å². The molecule has 4 rings (SSSR count). The van der Waals surface area contributed by atoms with Gasteiger partial charge in [0.05, 0.1) is 19.3 Å². The first-order chi connectivity index (χ1) is 18.7. The van der Waals surface area contributed by atoms with Gasteiger partial charge in [-0.1, -0.05) is 6.07 Å². The van der Waals surface area contributed by atoms with Crippen LogP contribution >= 0.6 is 0 Å². The molecule has 0 bridgehead atoms. The van der Waals surface area contributed by atoms with Crippen molar-refractivity contribution in [3.8, 4) is 0 Å². The summed E-state index contributed by atoms with van der Waals surface area (Å²) in [5, 5.41) is 5.33. The topological polar surface area (TPSA) is 120 Å². The molecule has 1 aromatic carbocycles. The van der Waals surface area contributed by atoms with E-state index in [4.69, 9.17) is 0 Å². The van der Waals surface area contributed by atoms with Crippen LogP contribution in [0.5, 0.6) is 0 Å². The van der Waals surface area contributed by atoms with Gasteiger partial charge in [0, 0.05) is 42.8 Å². The van der Waals surface area contributed by atoms with Gasteiger partial charge in [-0.2, -0.15) is 18.2 Å². The van der Waals surface area contributed by atoms with E-state index in [2.05, 4.69) is 25.6 Å². The van der Waals surface area contributed by atoms with Crippen LogP contribution in [0.4, 0.5) is 45.2 Å². The standard InChI is InChI=1S/C24H24F5N7O3S/c1-35(40(2,38)39)21-15(4-3-9-30-21)10-31-20-17(24(27,28)29)11-32-23(34-20)33-16-7-5-14(6-8-16)22(37)36-12-18(25)19(26)13-36/h3-9,11,18-19H,10,12-13H2,1-2H3,(H2,31,32,33,34)/t18-,19+. The predicted octanol–water partition coefficient (Wildman–Crippen LogP) is 3.77. The zero-order valence-electron chi connectivity index (χ0n) is 21.2. The first kappa shape index (κ1) is 28.9. The molecule has 1 fully saturated rings. The van der Waals surface area contributed by atoms with Gasteiger partial charge in [0.2, 0.25) is 16.0 Å². The minimum absolute atomic E-state index is 0.0334. The molecule has 0 unspecified atom stereocenters. The van der Waals surface area contributed by atoms with Crippen LogP contribution in [-0.2, 0) is 22.7 Å². The van der Waals surface area contributed by atoms with Crippen molar-refractivity contribution in [2.75, 3.05) is 41.3 Å². The molecule has 2 N–H and O–H groups in total. The lowest BCUT2D eigenvalue weighted by Gasteiger charge is -2.20. The second-order valence-electron chi connectivity index (χ2n) is 8.97. The second kappa shape index (κ2) is 11.2. The summed E-state index contributed by atoms with van der Waals surface area (Å²) >= 11 is 0. The number of pyridine rings is 1. The molecule has 16 heteroatoms. The molecule has 2 aromatic heterocycles. The summed E-state index contributed by atoms with van der Waals surface area (Å²) in [5.74, 6) is -1.28. The maximum absolute atomic E-state index is 13.7. The van der Waals surface area contributed by atoms with Crippen LogP contribution in [0, 0.1) is 0 Å². The normalized spacial score (nSPS) is 17.5. The fourth-order valence-corrected chi connectivity index (χ4v) is 4.35. The zero-order chi connectivity index (χ0) is 29.2. The number of benzene rings is 1. The molecule has 10 nitrogen and oxygen atoms in total. The Morgan fingerprint density at radius 3 is 2.35 bits per heavy atom. The maximum Gasteiger partial charge on any atom is 0.421 e. The van der Waals surface area contributed by atoms with E-state index < -0.39 is 45.8 Å². The molecule has 1 amide bonds. The van der Waals surface area contributed by atoms with Gasteiger partial charge >= 0.3 is 6.18 Å². The number of hydrogen-bond donors (Lipinski definition) is 2. The quantitative estimate of drug-likeness (QED) is 0.384. The van der Waals surface area contributed by atoms with Crippen LogP contribution in [0.3, 0.4) is 0 Å². The Bertz CT molecular complexity index is 1480. The second-order valence-corrected chi connectivity index (χ2v) is 11.0. The highest BCUT2D eigenvalue weighted by Gasteiger charge is 2.36. The minimum atomic E-state index is -4.79. The van der Waals surface area contributed by atoms with Crippen molar-refractivity contribution >= 4 is 39.2 Å². The number of amides is 1. The number of aromatic nitrogens is 3. The van der Waals surface area contributed by atoms with Crippen molar-refractivity contribution in [3.05, 3.63) is 65.5 Å². The first-order valence-corrected chi connectivity index (χ1v) is 13.6. The SMILES string of the molecule is CN(c1ncccc1CNc1nc(Nc2ccc(C(=O)N3C[C@@H](F)[C@@H](F)C3)cc2)ncc1C(F)(F)F)S(C)(=O)=O. The Labute approximate surface area is 226 Å². The van der Waals surface area contributed by atoms with Gasteiger partial charge in [-0.25, -0.2) is 27.2 Å². The molecule has 0 saturated carbocycles. The van der Waals surface area contributed by atoms with Crippen LogP contribution in [-0.4, -0.2) is 72.9 Å². The van der Waals surface area contributed by atoms with Crippen molar-refractivity contribution < 1.29 is 35.2 Å². The van der Waals surface area contributed by atoms with Crippen molar-refractivity contribution in [2.24, 2.45) is 0 Å². The number of nitrogens with zero attached hydrogens (tertiary/aromatic N) is 5. The Balaban J connectivity index is 1.53. The van der Waals surface area contributed by atoms with E-state index in [9.17, 15) is 35.2 Å². The third kappa shape index (κ3) is 6.55. The molecule has 0 radical (unpaired) electrons. The average molecular weight is 586 g/mol. The summed E-state index contributed by atoms with van der Waals surface area (Å²) in [6.45, 7) is -0.935. The predicted molar refractivity (Wildman–Crippen MR) is 137 cm³/mol. The van der Waals surface area contributed by atoms with Crippen LogP contribution < -0.4 is 14.9 Å². The number of halogens is 5. The maximum atomic E-state index is 13.7. The summed E-state index contributed by atoms with van der Waals surface area (Å²) < 4.78 is 92.7. The Hall–Kier alpha value is -4.08. The highest BCUT2D eigenvalue weighted by Crippen LogP contribution is 2.34. The Morgan fingerprint density at radius 2 is 1.75 bits per heavy atom. The summed E-state index contributed by atoms with van der Waals surface area (Å²) in [6, 6.07) is 8.71. The number of hydrogen-bond acceptors (Lipinski definition) is 8. The number of carbonyl (C=O) groups is 1. The molecule has 1 aliphatic rings. The van der Waals surface area contributed by atoms with E-state index in [1.165, 1.54) is 49.6 Å². The van der Waals surface area contributed by atoms with E-state index in [0.717, 1.165) is 15.5 Å². The summed E-state index contributed by atoms with van der Waals surface area (Å²) in [5.41, 5.74) is -0.342. The van der Waals surface area contributed by atoms with Gasteiger partial charge in [-0.15, -0.1) is 0 Å². The van der Waals surface area contributed by atoms with Crippen LogP contribution in [0.1, 0.15) is 21.5 Å². The van der Waals surface area contributed by atoms with E-state index in [1.54, 1.807) is 0 Å². The number of nitrogens with one attached hydrogen (secondary N) is 2. The van der Waals surface area contributed by atoms with Crippen molar-refractivity contribution in [2.45, 2.75) is 25.1 Å². The molecule has 1 saturated heterocycles. The monoisotopic (exact) mass is 585 g/mol. The third-order valence-electron chi connectivity index (χ3n) is 6.06. The number of sulfonamides is 1. The lowest BCUT2D eigenvalue weighted by Crippen LogP contribution is -2.29. The van der Waals surface area contributed by atoms with Crippen molar-refractivity contribution in [3.63, 3.8) is 0 Å². The van der Waals surface area contributed by atoms with Gasteiger partial charge in [-0.05, 0) is 30.3 Å². The van der Waals surface area contributed by atoms with Gasteiger partial charge in [0.25, 0.3) is 5.91 Å².